The quantitative estimate of drug-likeness (QED) is 0.685. The van der Waals surface area contributed by atoms with Crippen molar-refractivity contribution < 1.29 is 0 Å². The zero-order valence-corrected chi connectivity index (χ0v) is 16.6. The average Bonchev–Trinajstić information content (AvgIpc) is 2.93. The van der Waals surface area contributed by atoms with Crippen molar-refractivity contribution in [2.45, 2.75) is 27.2 Å². The van der Waals surface area contributed by atoms with Crippen molar-refractivity contribution in [3.8, 4) is 6.07 Å². The van der Waals surface area contributed by atoms with Crippen LogP contribution in [-0.4, -0.2) is 41.4 Å². The molecule has 0 N–H and O–H groups in total. The summed E-state index contributed by atoms with van der Waals surface area (Å²) in [5.74, 6) is 0.916. The Balaban J connectivity index is 1.70. The number of hydrogen-bond acceptors (Lipinski definition) is 6. The molecule has 142 valence electrons. The number of benzene rings is 1. The number of aryl methyl sites for hydroxylation is 3. The van der Waals surface area contributed by atoms with E-state index in [1.165, 1.54) is 5.56 Å². The second-order valence-electron chi connectivity index (χ2n) is 7.47. The van der Waals surface area contributed by atoms with Crippen LogP contribution in [0.25, 0.3) is 10.9 Å². The summed E-state index contributed by atoms with van der Waals surface area (Å²) >= 11 is 0. The highest BCUT2D eigenvalue weighted by molar-refractivity contribution is 5.96. The molecule has 6 heteroatoms. The summed E-state index contributed by atoms with van der Waals surface area (Å²) in [7, 11) is 0. The molecule has 3 heterocycles. The van der Waals surface area contributed by atoms with Gasteiger partial charge in [0.05, 0.1) is 22.5 Å². The third-order valence-corrected chi connectivity index (χ3v) is 5.32. The first-order valence-corrected chi connectivity index (χ1v) is 9.67. The number of hydrogen-bond donors (Lipinski definition) is 0. The van der Waals surface area contributed by atoms with Gasteiger partial charge in [0.2, 0.25) is 0 Å². The van der Waals surface area contributed by atoms with E-state index in [-0.39, 0.29) is 0 Å². The van der Waals surface area contributed by atoms with Gasteiger partial charge in [-0.15, -0.1) is 5.10 Å². The predicted octanol–water partition coefficient (Wildman–Crippen LogP) is 3.54. The number of nitrogens with zero attached hydrogens (tertiary/aromatic N) is 6. The molecular formula is C22H24N6. The number of aromatic nitrogens is 3. The summed E-state index contributed by atoms with van der Waals surface area (Å²) in [5.41, 5.74) is 5.89. The standard InChI is InChI=1S/C22H24N6/c1-15-11-16(2)21-19(12-15)22(18(13-23)14-24-21)28-8-4-7-27(9-10-28)20-6-5-17(3)25-26-20/h5-6,11-12,14H,4,7-10H2,1-3H3. The van der Waals surface area contributed by atoms with Gasteiger partial charge in [-0.3, -0.25) is 4.98 Å². The lowest BCUT2D eigenvalue weighted by atomic mass is 10.0. The summed E-state index contributed by atoms with van der Waals surface area (Å²) in [4.78, 5) is 9.18. The third kappa shape index (κ3) is 3.36. The van der Waals surface area contributed by atoms with Crippen LogP contribution in [0.1, 0.15) is 28.8 Å². The minimum Gasteiger partial charge on any atom is -0.368 e. The second kappa shape index (κ2) is 7.43. The van der Waals surface area contributed by atoms with Gasteiger partial charge in [0.1, 0.15) is 6.07 Å². The highest BCUT2D eigenvalue weighted by Gasteiger charge is 2.21. The molecule has 1 aromatic carbocycles. The summed E-state index contributed by atoms with van der Waals surface area (Å²) in [6, 6.07) is 10.7. The van der Waals surface area contributed by atoms with E-state index < -0.39 is 0 Å². The van der Waals surface area contributed by atoms with Crippen molar-refractivity contribution >= 4 is 22.4 Å². The van der Waals surface area contributed by atoms with Gasteiger partial charge >= 0.3 is 0 Å². The van der Waals surface area contributed by atoms with Gasteiger partial charge in [-0.25, -0.2) is 0 Å². The number of nitriles is 1. The molecule has 0 spiro atoms. The monoisotopic (exact) mass is 372 g/mol. The van der Waals surface area contributed by atoms with Gasteiger partial charge in [-0.1, -0.05) is 11.6 Å². The molecule has 1 aliphatic rings. The number of pyridine rings is 1. The van der Waals surface area contributed by atoms with Crippen molar-refractivity contribution in [2.75, 3.05) is 36.0 Å². The van der Waals surface area contributed by atoms with Gasteiger partial charge in [-0.05, 0) is 51.0 Å². The molecular weight excluding hydrogens is 348 g/mol. The number of fused-ring (bicyclic) bond motifs is 1. The van der Waals surface area contributed by atoms with Crippen LogP contribution in [0.4, 0.5) is 11.5 Å². The van der Waals surface area contributed by atoms with Gasteiger partial charge in [0, 0.05) is 37.8 Å². The number of rotatable bonds is 2. The Morgan fingerprint density at radius 2 is 1.75 bits per heavy atom. The van der Waals surface area contributed by atoms with Gasteiger partial charge in [0.25, 0.3) is 0 Å². The SMILES string of the molecule is Cc1cc(C)c2ncc(C#N)c(N3CCCN(c4ccc(C)nn4)CC3)c2c1. The fraction of sp³-hybridized carbons (Fsp3) is 0.364. The van der Waals surface area contributed by atoms with E-state index in [0.717, 1.165) is 66.3 Å². The molecule has 0 aliphatic carbocycles. The van der Waals surface area contributed by atoms with Crippen LogP contribution in [0, 0.1) is 32.1 Å². The highest BCUT2D eigenvalue weighted by Crippen LogP contribution is 2.32. The lowest BCUT2D eigenvalue weighted by Gasteiger charge is -2.26. The molecule has 2 aromatic heterocycles. The first-order valence-electron chi connectivity index (χ1n) is 9.67. The highest BCUT2D eigenvalue weighted by atomic mass is 15.3. The normalized spacial score (nSPS) is 14.8. The molecule has 0 saturated carbocycles. The lowest BCUT2D eigenvalue weighted by molar-refractivity contribution is 0.783. The van der Waals surface area contributed by atoms with Crippen molar-refractivity contribution in [1.29, 1.82) is 5.26 Å². The van der Waals surface area contributed by atoms with Crippen LogP contribution >= 0.6 is 0 Å². The maximum absolute atomic E-state index is 9.73. The van der Waals surface area contributed by atoms with Crippen molar-refractivity contribution in [3.63, 3.8) is 0 Å². The molecule has 0 atom stereocenters. The predicted molar refractivity (Wildman–Crippen MR) is 112 cm³/mol. The Hall–Kier alpha value is -3.20. The lowest BCUT2D eigenvalue weighted by Crippen LogP contribution is -2.31. The molecule has 0 amide bonds. The second-order valence-corrected chi connectivity index (χ2v) is 7.47. The number of anilines is 2. The van der Waals surface area contributed by atoms with Crippen LogP contribution in [0.5, 0.6) is 0 Å². The zero-order chi connectivity index (χ0) is 19.7. The van der Waals surface area contributed by atoms with Crippen LogP contribution < -0.4 is 9.80 Å². The van der Waals surface area contributed by atoms with Gasteiger partial charge < -0.3 is 9.80 Å². The third-order valence-electron chi connectivity index (χ3n) is 5.32. The molecule has 1 saturated heterocycles. The molecule has 0 unspecified atom stereocenters. The van der Waals surface area contributed by atoms with Crippen molar-refractivity contribution in [2.24, 2.45) is 0 Å². The average molecular weight is 372 g/mol. The maximum atomic E-state index is 9.73. The Morgan fingerprint density at radius 3 is 2.50 bits per heavy atom. The summed E-state index contributed by atoms with van der Waals surface area (Å²) in [5, 5.41) is 19.3. The zero-order valence-electron chi connectivity index (χ0n) is 16.6. The first-order chi connectivity index (χ1) is 13.6. The Kier molecular flexibility index (Phi) is 4.82. The summed E-state index contributed by atoms with van der Waals surface area (Å²) in [6.45, 7) is 9.62. The Morgan fingerprint density at radius 1 is 0.964 bits per heavy atom. The summed E-state index contributed by atoms with van der Waals surface area (Å²) < 4.78 is 0. The van der Waals surface area contributed by atoms with Crippen LogP contribution in [-0.2, 0) is 0 Å². The molecule has 1 aliphatic heterocycles. The van der Waals surface area contributed by atoms with E-state index in [0.29, 0.717) is 5.56 Å². The fourth-order valence-electron chi connectivity index (χ4n) is 4.00. The van der Waals surface area contributed by atoms with Gasteiger partial charge in [-0.2, -0.15) is 10.4 Å². The molecule has 0 bridgehead atoms. The van der Waals surface area contributed by atoms with Crippen molar-refractivity contribution in [1.82, 2.24) is 15.2 Å². The Labute approximate surface area is 165 Å². The van der Waals surface area contributed by atoms with Crippen LogP contribution in [0.15, 0.2) is 30.5 Å². The fourth-order valence-corrected chi connectivity index (χ4v) is 4.00. The minimum atomic E-state index is 0.640. The molecule has 3 aromatic rings. The van der Waals surface area contributed by atoms with E-state index in [4.69, 9.17) is 0 Å². The molecule has 28 heavy (non-hydrogen) atoms. The Bertz CT molecular complexity index is 1050. The van der Waals surface area contributed by atoms with E-state index in [9.17, 15) is 5.26 Å². The summed E-state index contributed by atoms with van der Waals surface area (Å²) in [6.07, 6.45) is 2.71. The first kappa shape index (κ1) is 18.2. The van der Waals surface area contributed by atoms with E-state index >= 15 is 0 Å². The van der Waals surface area contributed by atoms with Crippen LogP contribution in [0.2, 0.25) is 0 Å². The molecule has 4 rings (SSSR count). The molecule has 6 nitrogen and oxygen atoms in total. The molecule has 0 radical (unpaired) electrons. The largest absolute Gasteiger partial charge is 0.368 e. The molecule has 1 fully saturated rings. The van der Waals surface area contributed by atoms with E-state index in [1.807, 2.05) is 19.1 Å². The smallest absolute Gasteiger partial charge is 0.151 e. The van der Waals surface area contributed by atoms with E-state index in [2.05, 4.69) is 57.0 Å². The van der Waals surface area contributed by atoms with Crippen molar-refractivity contribution in [3.05, 3.63) is 52.8 Å². The van der Waals surface area contributed by atoms with Gasteiger partial charge in [0.15, 0.2) is 5.82 Å². The van der Waals surface area contributed by atoms with E-state index in [1.54, 1.807) is 6.20 Å². The minimum absolute atomic E-state index is 0.640. The maximum Gasteiger partial charge on any atom is 0.151 e. The topological polar surface area (TPSA) is 68.9 Å². The van der Waals surface area contributed by atoms with Crippen LogP contribution in [0.3, 0.4) is 0 Å².